The van der Waals surface area contributed by atoms with Crippen molar-refractivity contribution in [2.24, 2.45) is 0 Å². The predicted octanol–water partition coefficient (Wildman–Crippen LogP) is 12.6. The van der Waals surface area contributed by atoms with Gasteiger partial charge >= 0.3 is 0 Å². The number of nitrogens with zero attached hydrogens (tertiary/aromatic N) is 4. The lowest BCUT2D eigenvalue weighted by Crippen LogP contribution is -2.24. The molecule has 4 aromatic heterocycles. The van der Waals surface area contributed by atoms with E-state index in [1.807, 2.05) is 6.07 Å². The molecule has 4 heteroatoms. The van der Waals surface area contributed by atoms with Crippen LogP contribution >= 0.6 is 0 Å². The van der Waals surface area contributed by atoms with Crippen molar-refractivity contribution in [1.29, 1.82) is 0 Å². The number of hydrogen-bond acceptors (Lipinski definition) is 4. The Morgan fingerprint density at radius 2 is 0.655 bits per heavy atom. The Morgan fingerprint density at radius 3 is 1.11 bits per heavy atom. The Morgan fingerprint density at radius 1 is 0.327 bits per heavy atom. The molecule has 266 valence electrons. The van der Waals surface area contributed by atoms with E-state index in [9.17, 15) is 0 Å². The molecule has 0 saturated carbocycles. The van der Waals surface area contributed by atoms with Gasteiger partial charge in [0.25, 0.3) is 0 Å². The van der Waals surface area contributed by atoms with Gasteiger partial charge in [-0.15, -0.1) is 0 Å². The molecular formula is C51H42N4. The van der Waals surface area contributed by atoms with E-state index < -0.39 is 0 Å². The molecular weight excluding hydrogens is 669 g/mol. The Bertz CT molecular complexity index is 2640. The molecule has 8 aromatic rings. The van der Waals surface area contributed by atoms with E-state index in [1.54, 1.807) is 0 Å². The summed E-state index contributed by atoms with van der Waals surface area (Å²) in [6, 6.07) is 60.2. The average molecular weight is 711 g/mol. The monoisotopic (exact) mass is 710 g/mol. The zero-order chi connectivity index (χ0) is 37.6. The molecule has 0 spiro atoms. The summed E-state index contributed by atoms with van der Waals surface area (Å²) in [6.45, 7) is 9.02. The third kappa shape index (κ3) is 6.34. The fourth-order valence-electron chi connectivity index (χ4n) is 7.74. The van der Waals surface area contributed by atoms with Gasteiger partial charge in [-0.05, 0) is 95.3 Å². The van der Waals surface area contributed by atoms with Crippen LogP contribution in [0.2, 0.25) is 0 Å². The first kappa shape index (κ1) is 34.3. The summed E-state index contributed by atoms with van der Waals surface area (Å²) in [5.41, 5.74) is 16.0. The highest BCUT2D eigenvalue weighted by Gasteiger charge is 2.29. The normalized spacial score (nSPS) is 15.6. The molecule has 1 atom stereocenters. The number of rotatable bonds is 1. The van der Waals surface area contributed by atoms with E-state index in [0.29, 0.717) is 0 Å². The minimum atomic E-state index is -0.314. The second-order valence-electron chi connectivity index (χ2n) is 15.3. The SMILES string of the molecule is CCC1(C)c2ccc(cc2)-c2ccc(cc2)C(C)(C)c2cccc(n2)-c2cccc(n2)-c2ccc(cc2)-c2ccc(cc2)-c2cccc(n2)-c2cccc1n2. The van der Waals surface area contributed by atoms with Crippen LogP contribution in [0.4, 0.5) is 0 Å². The standard InChI is InChI=1S/C51H42N4/c1-5-51(4)41-32-28-37(29-33-41)36-26-30-40(31-27-36)50(2,3)48-16-8-14-46(54-48)44-12-6-10-42(52-44)38-22-18-34(19-23-38)35-20-24-39(25-21-35)43-11-7-13-45(53-43)47-15-9-17-49(51)55-47/h6-33H,5H2,1-4H3. The van der Waals surface area contributed by atoms with E-state index >= 15 is 0 Å². The van der Waals surface area contributed by atoms with E-state index in [-0.39, 0.29) is 10.8 Å². The molecule has 0 N–H and O–H groups in total. The number of hydrogen-bond donors (Lipinski definition) is 0. The largest absolute Gasteiger partial charge is 0.250 e. The third-order valence-corrected chi connectivity index (χ3v) is 11.6. The van der Waals surface area contributed by atoms with Crippen molar-refractivity contribution in [3.63, 3.8) is 0 Å². The van der Waals surface area contributed by atoms with Crippen molar-refractivity contribution < 1.29 is 0 Å². The van der Waals surface area contributed by atoms with Crippen LogP contribution in [0.25, 0.3) is 67.5 Å². The maximum atomic E-state index is 5.25. The average Bonchev–Trinajstić information content (AvgIpc) is 3.26. The summed E-state index contributed by atoms with van der Waals surface area (Å²) in [7, 11) is 0. The zero-order valence-corrected chi connectivity index (χ0v) is 31.7. The summed E-state index contributed by atoms with van der Waals surface area (Å²) in [5, 5.41) is 0. The Labute approximate surface area is 323 Å². The van der Waals surface area contributed by atoms with Gasteiger partial charge < -0.3 is 0 Å². The molecule has 4 nitrogen and oxygen atoms in total. The zero-order valence-electron chi connectivity index (χ0n) is 31.7. The summed E-state index contributed by atoms with van der Waals surface area (Å²) >= 11 is 0. The highest BCUT2D eigenvalue weighted by molar-refractivity contribution is 5.73. The molecule has 55 heavy (non-hydrogen) atoms. The lowest BCUT2D eigenvalue weighted by Gasteiger charge is -2.29. The number of pyridine rings is 4. The molecule has 0 amide bonds. The summed E-state index contributed by atoms with van der Waals surface area (Å²) in [6.07, 6.45) is 0.909. The second-order valence-corrected chi connectivity index (χ2v) is 15.3. The topological polar surface area (TPSA) is 51.6 Å². The fourth-order valence-corrected chi connectivity index (χ4v) is 7.74. The summed E-state index contributed by atoms with van der Waals surface area (Å²) < 4.78 is 0. The molecule has 11 heterocycles. The molecule has 7 aliphatic rings. The second kappa shape index (κ2) is 13.7. The van der Waals surface area contributed by atoms with Gasteiger partial charge in [-0.1, -0.05) is 142 Å². The van der Waals surface area contributed by atoms with Gasteiger partial charge in [0.2, 0.25) is 0 Å². The minimum absolute atomic E-state index is 0.271. The lowest BCUT2D eigenvalue weighted by atomic mass is 9.76. The Kier molecular flexibility index (Phi) is 8.54. The molecule has 4 aromatic carbocycles. The van der Waals surface area contributed by atoms with Gasteiger partial charge in [0, 0.05) is 22.0 Å². The van der Waals surface area contributed by atoms with Crippen LogP contribution < -0.4 is 0 Å². The van der Waals surface area contributed by atoms with Crippen LogP contribution in [0, 0.1) is 0 Å². The molecule has 0 fully saturated rings. The molecule has 0 saturated heterocycles. The van der Waals surface area contributed by atoms with Crippen LogP contribution in [0.15, 0.2) is 170 Å². The van der Waals surface area contributed by atoms with E-state index in [2.05, 4.69) is 191 Å². The van der Waals surface area contributed by atoms with Crippen molar-refractivity contribution in [3.8, 4) is 67.5 Å². The van der Waals surface area contributed by atoms with Crippen LogP contribution in [0.3, 0.4) is 0 Å². The summed E-state index contributed by atoms with van der Waals surface area (Å²) in [5.74, 6) is 0. The highest BCUT2D eigenvalue weighted by Crippen LogP contribution is 2.38. The first-order chi connectivity index (χ1) is 26.8. The highest BCUT2D eigenvalue weighted by atomic mass is 14.8. The molecule has 0 radical (unpaired) electrons. The fraction of sp³-hybridized carbons (Fsp3) is 0.137. The molecule has 1 unspecified atom stereocenters. The van der Waals surface area contributed by atoms with Gasteiger partial charge in [-0.25, -0.2) is 9.97 Å². The van der Waals surface area contributed by atoms with Gasteiger partial charge in [0.15, 0.2) is 0 Å². The van der Waals surface area contributed by atoms with Crippen molar-refractivity contribution in [1.82, 2.24) is 19.9 Å². The first-order valence-electron chi connectivity index (χ1n) is 19.1. The molecule has 7 aliphatic heterocycles. The number of aromatic nitrogens is 4. The van der Waals surface area contributed by atoms with E-state index in [4.69, 9.17) is 19.9 Å². The lowest BCUT2D eigenvalue weighted by molar-refractivity contribution is 0.533. The smallest absolute Gasteiger partial charge is 0.0893 e. The number of benzene rings is 4. The third-order valence-electron chi connectivity index (χ3n) is 11.6. The maximum Gasteiger partial charge on any atom is 0.0893 e. The van der Waals surface area contributed by atoms with E-state index in [1.165, 1.54) is 22.3 Å². The molecule has 16 bridgehead atoms. The minimum Gasteiger partial charge on any atom is -0.250 e. The van der Waals surface area contributed by atoms with Crippen LogP contribution in [-0.2, 0) is 10.8 Å². The van der Waals surface area contributed by atoms with Gasteiger partial charge in [0.1, 0.15) is 0 Å². The Balaban J connectivity index is 1.15. The predicted molar refractivity (Wildman–Crippen MR) is 226 cm³/mol. The first-order valence-corrected chi connectivity index (χ1v) is 19.1. The van der Waals surface area contributed by atoms with Crippen LogP contribution in [0.1, 0.15) is 56.6 Å². The van der Waals surface area contributed by atoms with Crippen molar-refractivity contribution in [3.05, 3.63) is 192 Å². The maximum absolute atomic E-state index is 5.25. The Hall–Kier alpha value is -6.52. The van der Waals surface area contributed by atoms with Crippen molar-refractivity contribution >= 4 is 0 Å². The van der Waals surface area contributed by atoms with Crippen LogP contribution in [-0.4, -0.2) is 19.9 Å². The van der Waals surface area contributed by atoms with Crippen molar-refractivity contribution in [2.45, 2.75) is 44.9 Å². The molecule has 0 aliphatic carbocycles. The molecule has 15 rings (SSSR count). The van der Waals surface area contributed by atoms with Gasteiger partial charge in [-0.2, -0.15) is 0 Å². The van der Waals surface area contributed by atoms with Gasteiger partial charge in [-0.3, -0.25) is 9.97 Å². The quantitative estimate of drug-likeness (QED) is 0.170. The van der Waals surface area contributed by atoms with Crippen LogP contribution in [0.5, 0.6) is 0 Å². The van der Waals surface area contributed by atoms with E-state index in [0.717, 1.165) is 74.2 Å². The summed E-state index contributed by atoms with van der Waals surface area (Å²) in [4.78, 5) is 20.6. The van der Waals surface area contributed by atoms with Crippen molar-refractivity contribution in [2.75, 3.05) is 0 Å². The van der Waals surface area contributed by atoms with Gasteiger partial charge in [0.05, 0.1) is 45.6 Å².